The van der Waals surface area contributed by atoms with Crippen molar-refractivity contribution in [1.82, 2.24) is 15.1 Å². The highest BCUT2D eigenvalue weighted by Gasteiger charge is 2.34. The number of amides is 3. The second-order valence-corrected chi connectivity index (χ2v) is 7.02. The van der Waals surface area contributed by atoms with Gasteiger partial charge in [-0.1, -0.05) is 29.8 Å². The molecule has 1 aromatic rings. The molecule has 1 saturated heterocycles. The van der Waals surface area contributed by atoms with Gasteiger partial charge in [-0.3, -0.25) is 4.79 Å². The van der Waals surface area contributed by atoms with Crippen molar-refractivity contribution in [2.45, 2.75) is 39.2 Å². The largest absolute Gasteiger partial charge is 0.341 e. The molecule has 1 N–H and O–H groups in total. The van der Waals surface area contributed by atoms with Crippen molar-refractivity contribution in [2.24, 2.45) is 5.92 Å². The van der Waals surface area contributed by atoms with E-state index in [0.717, 1.165) is 31.4 Å². The molecule has 1 heterocycles. The Morgan fingerprint density at radius 2 is 1.67 bits per heavy atom. The van der Waals surface area contributed by atoms with Crippen LogP contribution in [0.2, 0.25) is 0 Å². The summed E-state index contributed by atoms with van der Waals surface area (Å²) in [5.41, 5.74) is 2.32. The average Bonchev–Trinajstić information content (AvgIpc) is 3.41. The van der Waals surface area contributed by atoms with Crippen molar-refractivity contribution in [3.8, 4) is 0 Å². The molecule has 130 valence electrons. The molecule has 1 atom stereocenters. The summed E-state index contributed by atoms with van der Waals surface area (Å²) >= 11 is 0. The molecule has 1 aliphatic heterocycles. The number of carbonyl (C=O) groups excluding carboxylic acids is 2. The van der Waals surface area contributed by atoms with E-state index in [4.69, 9.17) is 0 Å². The van der Waals surface area contributed by atoms with E-state index in [1.165, 1.54) is 5.56 Å². The van der Waals surface area contributed by atoms with Crippen molar-refractivity contribution in [3.63, 3.8) is 0 Å². The van der Waals surface area contributed by atoms with Gasteiger partial charge in [-0.05, 0) is 38.7 Å². The first-order valence-corrected chi connectivity index (χ1v) is 8.95. The van der Waals surface area contributed by atoms with E-state index >= 15 is 0 Å². The quantitative estimate of drug-likeness (QED) is 0.927. The van der Waals surface area contributed by atoms with E-state index < -0.39 is 0 Å². The van der Waals surface area contributed by atoms with Crippen molar-refractivity contribution >= 4 is 11.9 Å². The third-order valence-corrected chi connectivity index (χ3v) is 4.94. The number of nitrogens with zero attached hydrogens (tertiary/aromatic N) is 2. The molecule has 2 fully saturated rings. The number of hydrogen-bond donors (Lipinski definition) is 1. The Balaban J connectivity index is 1.53. The van der Waals surface area contributed by atoms with Gasteiger partial charge in [-0.25, -0.2) is 4.79 Å². The Kier molecular flexibility index (Phi) is 5.07. The zero-order valence-electron chi connectivity index (χ0n) is 14.6. The maximum Gasteiger partial charge on any atom is 0.317 e. The first-order chi connectivity index (χ1) is 11.5. The molecule has 5 nitrogen and oxygen atoms in total. The van der Waals surface area contributed by atoms with E-state index in [-0.39, 0.29) is 23.9 Å². The fraction of sp³-hybridized carbons (Fsp3) is 0.579. The maximum absolute atomic E-state index is 12.5. The van der Waals surface area contributed by atoms with Crippen LogP contribution < -0.4 is 5.32 Å². The van der Waals surface area contributed by atoms with E-state index in [9.17, 15) is 9.59 Å². The number of urea groups is 1. The van der Waals surface area contributed by atoms with Crippen LogP contribution in [0.5, 0.6) is 0 Å². The van der Waals surface area contributed by atoms with Crippen LogP contribution in [-0.4, -0.2) is 47.9 Å². The summed E-state index contributed by atoms with van der Waals surface area (Å²) in [7, 11) is 0. The van der Waals surface area contributed by atoms with Gasteiger partial charge < -0.3 is 15.1 Å². The van der Waals surface area contributed by atoms with E-state index in [0.29, 0.717) is 19.6 Å². The number of hydrogen-bond acceptors (Lipinski definition) is 2. The van der Waals surface area contributed by atoms with Crippen molar-refractivity contribution in [3.05, 3.63) is 35.4 Å². The standard InChI is InChI=1S/C19H27N3O2/c1-14-4-6-16(7-5-14)15(2)20-19(24)22-11-3-10-21(12-13-22)18(23)17-8-9-17/h4-7,15,17H,3,8-13H2,1-2H3,(H,20,24)/t15-/m0/s1. The van der Waals surface area contributed by atoms with Crippen molar-refractivity contribution < 1.29 is 9.59 Å². The minimum absolute atomic E-state index is 0.0226. The van der Waals surface area contributed by atoms with E-state index in [1.54, 1.807) is 0 Å². The zero-order chi connectivity index (χ0) is 17.1. The number of benzene rings is 1. The van der Waals surface area contributed by atoms with Gasteiger partial charge in [0.1, 0.15) is 0 Å². The first-order valence-electron chi connectivity index (χ1n) is 8.95. The Morgan fingerprint density at radius 1 is 1.04 bits per heavy atom. The van der Waals surface area contributed by atoms with Crippen LogP contribution in [0.15, 0.2) is 24.3 Å². The fourth-order valence-corrected chi connectivity index (χ4v) is 3.14. The average molecular weight is 329 g/mol. The van der Waals surface area contributed by atoms with Crippen LogP contribution in [0.3, 0.4) is 0 Å². The topological polar surface area (TPSA) is 52.7 Å². The van der Waals surface area contributed by atoms with Crippen LogP contribution in [0.1, 0.15) is 43.4 Å². The molecule has 0 radical (unpaired) electrons. The van der Waals surface area contributed by atoms with Gasteiger partial charge in [0.15, 0.2) is 0 Å². The molecule has 0 unspecified atom stereocenters. The highest BCUT2D eigenvalue weighted by Crippen LogP contribution is 2.31. The molecule has 1 aliphatic carbocycles. The first kappa shape index (κ1) is 16.8. The van der Waals surface area contributed by atoms with Gasteiger partial charge in [0.05, 0.1) is 6.04 Å². The summed E-state index contributed by atoms with van der Waals surface area (Å²) < 4.78 is 0. The normalized spacial score (nSPS) is 19.6. The summed E-state index contributed by atoms with van der Waals surface area (Å²) in [5, 5.41) is 3.08. The monoisotopic (exact) mass is 329 g/mol. The molecule has 2 aliphatic rings. The lowest BCUT2D eigenvalue weighted by Crippen LogP contribution is -2.43. The lowest BCUT2D eigenvalue weighted by atomic mass is 10.1. The molecule has 3 amide bonds. The molecule has 24 heavy (non-hydrogen) atoms. The van der Waals surface area contributed by atoms with Crippen LogP contribution in [0.4, 0.5) is 4.79 Å². The molecule has 0 bridgehead atoms. The highest BCUT2D eigenvalue weighted by molar-refractivity contribution is 5.81. The second kappa shape index (κ2) is 7.24. The smallest absolute Gasteiger partial charge is 0.317 e. The van der Waals surface area contributed by atoms with Crippen molar-refractivity contribution in [1.29, 1.82) is 0 Å². The Morgan fingerprint density at radius 3 is 2.33 bits per heavy atom. The summed E-state index contributed by atoms with van der Waals surface area (Å²) in [6.45, 7) is 6.81. The molecule has 1 saturated carbocycles. The second-order valence-electron chi connectivity index (χ2n) is 7.02. The fourth-order valence-electron chi connectivity index (χ4n) is 3.14. The summed E-state index contributed by atoms with van der Waals surface area (Å²) in [4.78, 5) is 28.5. The Bertz CT molecular complexity index is 595. The Labute approximate surface area is 144 Å². The molecule has 5 heteroatoms. The number of carbonyl (C=O) groups is 2. The summed E-state index contributed by atoms with van der Waals surface area (Å²) in [5.74, 6) is 0.539. The lowest BCUT2D eigenvalue weighted by molar-refractivity contribution is -0.132. The summed E-state index contributed by atoms with van der Waals surface area (Å²) in [6.07, 6.45) is 2.92. The van der Waals surface area contributed by atoms with E-state index in [1.807, 2.05) is 16.7 Å². The number of rotatable bonds is 3. The van der Waals surface area contributed by atoms with Crippen LogP contribution in [0.25, 0.3) is 0 Å². The summed E-state index contributed by atoms with van der Waals surface area (Å²) in [6, 6.07) is 8.17. The van der Waals surface area contributed by atoms with Gasteiger partial charge in [0, 0.05) is 32.1 Å². The highest BCUT2D eigenvalue weighted by atomic mass is 16.2. The van der Waals surface area contributed by atoms with Gasteiger partial charge in [-0.2, -0.15) is 0 Å². The maximum atomic E-state index is 12.5. The minimum atomic E-state index is -0.0382. The lowest BCUT2D eigenvalue weighted by Gasteiger charge is -2.24. The molecule has 3 rings (SSSR count). The SMILES string of the molecule is Cc1ccc([C@H](C)NC(=O)N2CCCN(C(=O)C3CC3)CC2)cc1. The van der Waals surface area contributed by atoms with Crippen LogP contribution >= 0.6 is 0 Å². The van der Waals surface area contributed by atoms with Crippen molar-refractivity contribution in [2.75, 3.05) is 26.2 Å². The minimum Gasteiger partial charge on any atom is -0.341 e. The zero-order valence-corrected chi connectivity index (χ0v) is 14.6. The third-order valence-electron chi connectivity index (χ3n) is 4.94. The van der Waals surface area contributed by atoms with Crippen LogP contribution in [-0.2, 0) is 4.79 Å². The molecular weight excluding hydrogens is 302 g/mol. The molecule has 1 aromatic carbocycles. The number of nitrogens with one attached hydrogen (secondary N) is 1. The predicted octanol–water partition coefficient (Wildman–Crippen LogP) is 2.71. The number of aryl methyl sites for hydroxylation is 1. The van der Waals surface area contributed by atoms with Gasteiger partial charge in [-0.15, -0.1) is 0 Å². The third kappa shape index (κ3) is 4.08. The molecule has 0 aromatic heterocycles. The Hall–Kier alpha value is -2.04. The predicted molar refractivity (Wildman–Crippen MR) is 93.6 cm³/mol. The van der Waals surface area contributed by atoms with Crippen LogP contribution in [0, 0.1) is 12.8 Å². The molecular formula is C19H27N3O2. The van der Waals surface area contributed by atoms with Gasteiger partial charge >= 0.3 is 6.03 Å². The molecule has 0 spiro atoms. The van der Waals surface area contributed by atoms with Gasteiger partial charge in [0.2, 0.25) is 5.91 Å². The van der Waals surface area contributed by atoms with Gasteiger partial charge in [0.25, 0.3) is 0 Å². The van der Waals surface area contributed by atoms with E-state index in [2.05, 4.69) is 36.5 Å².